The van der Waals surface area contributed by atoms with Crippen LogP contribution in [0.5, 0.6) is 0 Å². The lowest BCUT2D eigenvalue weighted by Gasteiger charge is -2.22. The van der Waals surface area contributed by atoms with Crippen LogP contribution in [-0.4, -0.2) is 24.1 Å². The van der Waals surface area contributed by atoms with E-state index in [1.807, 2.05) is 6.20 Å². The standard InChI is InChI=1S/C18H31N3/c1-3-6-15-7-5-11-21(12-10-15)18-9-8-16(14-20-18)13-17(19)4-2/h8-9,14-15,17H,3-7,10-13,19H2,1-2H3. The van der Waals surface area contributed by atoms with Crippen molar-refractivity contribution in [1.82, 2.24) is 4.98 Å². The summed E-state index contributed by atoms with van der Waals surface area (Å²) in [5, 5.41) is 0. The monoisotopic (exact) mass is 289 g/mol. The Hall–Kier alpha value is -1.09. The lowest BCUT2D eigenvalue weighted by Crippen LogP contribution is -2.25. The van der Waals surface area contributed by atoms with Gasteiger partial charge in [0.2, 0.25) is 0 Å². The van der Waals surface area contributed by atoms with Crippen molar-refractivity contribution in [2.24, 2.45) is 11.7 Å². The minimum absolute atomic E-state index is 0.255. The second kappa shape index (κ2) is 8.38. The Morgan fingerprint density at radius 2 is 2.14 bits per heavy atom. The van der Waals surface area contributed by atoms with Gasteiger partial charge in [-0.25, -0.2) is 4.98 Å². The van der Waals surface area contributed by atoms with Crippen LogP contribution in [0, 0.1) is 5.92 Å². The highest BCUT2D eigenvalue weighted by Crippen LogP contribution is 2.24. The van der Waals surface area contributed by atoms with Crippen molar-refractivity contribution in [3.05, 3.63) is 23.9 Å². The molecule has 0 bridgehead atoms. The molecule has 118 valence electrons. The summed E-state index contributed by atoms with van der Waals surface area (Å²) < 4.78 is 0. The van der Waals surface area contributed by atoms with Gasteiger partial charge in [-0.15, -0.1) is 0 Å². The molecule has 21 heavy (non-hydrogen) atoms. The largest absolute Gasteiger partial charge is 0.357 e. The highest BCUT2D eigenvalue weighted by Gasteiger charge is 2.17. The van der Waals surface area contributed by atoms with Gasteiger partial charge in [0.1, 0.15) is 5.82 Å². The van der Waals surface area contributed by atoms with Crippen LogP contribution in [0.25, 0.3) is 0 Å². The second-order valence-corrected chi connectivity index (χ2v) is 6.47. The molecule has 2 atom stereocenters. The highest BCUT2D eigenvalue weighted by molar-refractivity contribution is 5.39. The molecule has 2 heterocycles. The fourth-order valence-corrected chi connectivity index (χ4v) is 3.26. The summed E-state index contributed by atoms with van der Waals surface area (Å²) in [4.78, 5) is 7.13. The van der Waals surface area contributed by atoms with Crippen LogP contribution in [-0.2, 0) is 6.42 Å². The summed E-state index contributed by atoms with van der Waals surface area (Å²) >= 11 is 0. The molecule has 1 aliphatic rings. The molecule has 1 aromatic heterocycles. The zero-order chi connectivity index (χ0) is 15.1. The normalized spacial score (nSPS) is 21.1. The quantitative estimate of drug-likeness (QED) is 0.867. The van der Waals surface area contributed by atoms with E-state index < -0.39 is 0 Å². The Kier molecular flexibility index (Phi) is 6.50. The summed E-state index contributed by atoms with van der Waals surface area (Å²) in [5.74, 6) is 2.06. The molecule has 0 spiro atoms. The summed E-state index contributed by atoms with van der Waals surface area (Å²) in [6.45, 7) is 6.74. The fraction of sp³-hybridized carbons (Fsp3) is 0.722. The van der Waals surface area contributed by atoms with Crippen LogP contribution in [0.15, 0.2) is 18.3 Å². The maximum atomic E-state index is 6.01. The number of nitrogens with two attached hydrogens (primary N) is 1. The van der Waals surface area contributed by atoms with Gasteiger partial charge in [0.25, 0.3) is 0 Å². The number of hydrogen-bond donors (Lipinski definition) is 1. The molecular formula is C18H31N3. The average molecular weight is 289 g/mol. The predicted octanol–water partition coefficient (Wildman–Crippen LogP) is 3.77. The molecule has 2 rings (SSSR count). The van der Waals surface area contributed by atoms with Gasteiger partial charge in [-0.3, -0.25) is 0 Å². The number of rotatable bonds is 6. The van der Waals surface area contributed by atoms with Gasteiger partial charge in [0, 0.05) is 25.3 Å². The van der Waals surface area contributed by atoms with Crippen molar-refractivity contribution in [3.8, 4) is 0 Å². The van der Waals surface area contributed by atoms with Gasteiger partial charge in [-0.1, -0.05) is 32.8 Å². The fourth-order valence-electron chi connectivity index (χ4n) is 3.26. The maximum Gasteiger partial charge on any atom is 0.128 e. The Bertz CT molecular complexity index is 401. The van der Waals surface area contributed by atoms with E-state index in [4.69, 9.17) is 5.73 Å². The van der Waals surface area contributed by atoms with Gasteiger partial charge in [0.05, 0.1) is 0 Å². The molecule has 1 aliphatic heterocycles. The Labute approximate surface area is 129 Å². The van der Waals surface area contributed by atoms with Gasteiger partial charge < -0.3 is 10.6 Å². The molecule has 1 aromatic rings. The van der Waals surface area contributed by atoms with Crippen LogP contribution in [0.3, 0.4) is 0 Å². The van der Waals surface area contributed by atoms with Crippen molar-refractivity contribution >= 4 is 5.82 Å². The zero-order valence-corrected chi connectivity index (χ0v) is 13.7. The molecule has 0 aliphatic carbocycles. The lowest BCUT2D eigenvalue weighted by atomic mass is 9.96. The van der Waals surface area contributed by atoms with Crippen LogP contribution in [0.1, 0.15) is 57.9 Å². The first kappa shape index (κ1) is 16.3. The van der Waals surface area contributed by atoms with E-state index in [1.165, 1.54) is 37.7 Å². The summed E-state index contributed by atoms with van der Waals surface area (Å²) in [7, 11) is 0. The van der Waals surface area contributed by atoms with E-state index in [9.17, 15) is 0 Å². The molecule has 3 heteroatoms. The SMILES string of the molecule is CCCC1CCCN(c2ccc(CC(N)CC)cn2)CC1. The first-order chi connectivity index (χ1) is 10.2. The van der Waals surface area contributed by atoms with E-state index >= 15 is 0 Å². The van der Waals surface area contributed by atoms with Crippen molar-refractivity contribution in [3.63, 3.8) is 0 Å². The van der Waals surface area contributed by atoms with Crippen LogP contribution < -0.4 is 10.6 Å². The molecule has 0 aromatic carbocycles. The molecule has 1 fully saturated rings. The Morgan fingerprint density at radius 1 is 1.29 bits per heavy atom. The van der Waals surface area contributed by atoms with Gasteiger partial charge in [-0.2, -0.15) is 0 Å². The first-order valence-electron chi connectivity index (χ1n) is 8.68. The highest BCUT2D eigenvalue weighted by atomic mass is 15.2. The van der Waals surface area contributed by atoms with Crippen molar-refractivity contribution in [1.29, 1.82) is 0 Å². The number of hydrogen-bond acceptors (Lipinski definition) is 3. The average Bonchev–Trinajstić information content (AvgIpc) is 2.74. The number of pyridine rings is 1. The molecule has 3 nitrogen and oxygen atoms in total. The van der Waals surface area contributed by atoms with E-state index in [0.717, 1.165) is 37.7 Å². The van der Waals surface area contributed by atoms with E-state index in [1.54, 1.807) is 0 Å². The molecule has 0 radical (unpaired) electrons. The summed E-state index contributed by atoms with van der Waals surface area (Å²) in [6, 6.07) is 4.63. The zero-order valence-electron chi connectivity index (χ0n) is 13.7. The van der Waals surface area contributed by atoms with Gasteiger partial charge >= 0.3 is 0 Å². The first-order valence-corrected chi connectivity index (χ1v) is 8.68. The molecule has 1 saturated heterocycles. The Morgan fingerprint density at radius 3 is 2.81 bits per heavy atom. The second-order valence-electron chi connectivity index (χ2n) is 6.47. The Balaban J connectivity index is 1.92. The maximum absolute atomic E-state index is 6.01. The smallest absolute Gasteiger partial charge is 0.128 e. The topological polar surface area (TPSA) is 42.1 Å². The molecule has 2 N–H and O–H groups in total. The van der Waals surface area contributed by atoms with Crippen LogP contribution in [0.4, 0.5) is 5.82 Å². The molecule has 0 saturated carbocycles. The van der Waals surface area contributed by atoms with Crippen molar-refractivity contribution in [2.75, 3.05) is 18.0 Å². The third kappa shape index (κ3) is 4.99. The van der Waals surface area contributed by atoms with E-state index in [-0.39, 0.29) is 6.04 Å². The predicted molar refractivity (Wildman–Crippen MR) is 90.7 cm³/mol. The van der Waals surface area contributed by atoms with Gasteiger partial charge in [0.15, 0.2) is 0 Å². The third-order valence-corrected chi connectivity index (χ3v) is 4.70. The molecule has 0 amide bonds. The minimum atomic E-state index is 0.255. The number of aromatic nitrogens is 1. The van der Waals surface area contributed by atoms with E-state index in [2.05, 4.69) is 35.9 Å². The van der Waals surface area contributed by atoms with Crippen molar-refractivity contribution in [2.45, 2.75) is 64.8 Å². The third-order valence-electron chi connectivity index (χ3n) is 4.70. The van der Waals surface area contributed by atoms with Gasteiger partial charge in [-0.05, 0) is 49.7 Å². The van der Waals surface area contributed by atoms with Crippen LogP contribution in [0.2, 0.25) is 0 Å². The van der Waals surface area contributed by atoms with Crippen LogP contribution >= 0.6 is 0 Å². The number of anilines is 1. The number of nitrogens with zero attached hydrogens (tertiary/aromatic N) is 2. The van der Waals surface area contributed by atoms with Crippen molar-refractivity contribution < 1.29 is 0 Å². The molecular weight excluding hydrogens is 258 g/mol. The minimum Gasteiger partial charge on any atom is -0.357 e. The summed E-state index contributed by atoms with van der Waals surface area (Å²) in [6.07, 6.45) is 10.7. The molecule has 2 unspecified atom stereocenters. The summed E-state index contributed by atoms with van der Waals surface area (Å²) in [5.41, 5.74) is 7.27. The van der Waals surface area contributed by atoms with E-state index in [0.29, 0.717) is 0 Å². The lowest BCUT2D eigenvalue weighted by molar-refractivity contribution is 0.435.